The van der Waals surface area contributed by atoms with E-state index in [9.17, 15) is 19.5 Å². The van der Waals surface area contributed by atoms with Crippen molar-refractivity contribution in [3.05, 3.63) is 83.4 Å². The van der Waals surface area contributed by atoms with Gasteiger partial charge in [-0.1, -0.05) is 0 Å². The molecule has 2 atom stereocenters. The van der Waals surface area contributed by atoms with Gasteiger partial charge in [-0.3, -0.25) is 0 Å². The summed E-state index contributed by atoms with van der Waals surface area (Å²) in [5, 5.41) is 11.9. The number of carbonyl (C=O) groups is 3. The molecule has 7 heteroatoms. The average Bonchev–Trinajstić information content (AvgIpc) is 3.58. The zero-order chi connectivity index (χ0) is 23.6. The molecule has 5 nitrogen and oxygen atoms in total. The molecule has 3 aromatic rings. The molecule has 1 fully saturated rings. The second kappa shape index (κ2) is 9.71. The first-order valence-corrected chi connectivity index (χ1v) is 14.9. The minimum absolute atomic E-state index is 0.367. The van der Waals surface area contributed by atoms with Crippen molar-refractivity contribution >= 4 is 55.4 Å². The van der Waals surface area contributed by atoms with Crippen LogP contribution in [0.5, 0.6) is 0 Å². The van der Waals surface area contributed by atoms with E-state index < -0.39 is 43.0 Å². The van der Waals surface area contributed by atoms with Crippen molar-refractivity contribution in [2.75, 3.05) is 0 Å². The fraction of sp³-hybridized carbons (Fsp3) is 0.192. The Bertz CT molecular complexity index is 1220. The molecule has 0 saturated heterocycles. The monoisotopic (exact) mass is 565 g/mol. The van der Waals surface area contributed by atoms with Gasteiger partial charge in [-0.15, -0.1) is 0 Å². The van der Waals surface area contributed by atoms with Gasteiger partial charge >= 0.3 is 197 Å². The average molecular weight is 565 g/mol. The van der Waals surface area contributed by atoms with E-state index in [0.29, 0.717) is 21.8 Å². The van der Waals surface area contributed by atoms with Gasteiger partial charge in [0.05, 0.1) is 0 Å². The summed E-state index contributed by atoms with van der Waals surface area (Å²) in [4.78, 5) is 36.3. The molecule has 1 aliphatic rings. The van der Waals surface area contributed by atoms with Gasteiger partial charge in [0.25, 0.3) is 0 Å². The molecular formula is C26H25As2NO4. The van der Waals surface area contributed by atoms with Crippen molar-refractivity contribution in [1.82, 2.24) is 5.32 Å². The summed E-state index contributed by atoms with van der Waals surface area (Å²) < 4.78 is 2.75. The zero-order valence-electron chi connectivity index (χ0n) is 18.4. The fourth-order valence-electron chi connectivity index (χ4n) is 3.48. The van der Waals surface area contributed by atoms with E-state index in [0.717, 1.165) is 15.5 Å². The maximum atomic E-state index is 12.6. The Balaban J connectivity index is 1.36. The number of hydrogen-bond donors (Lipinski definition) is 2. The van der Waals surface area contributed by atoms with Gasteiger partial charge in [-0.05, 0) is 0 Å². The van der Waals surface area contributed by atoms with E-state index in [2.05, 4.69) is 37.4 Å². The number of amides is 1. The molecule has 4 rings (SSSR count). The van der Waals surface area contributed by atoms with Crippen LogP contribution in [-0.2, 0) is 4.79 Å². The van der Waals surface area contributed by atoms with Crippen molar-refractivity contribution in [3.8, 4) is 11.1 Å². The van der Waals surface area contributed by atoms with Crippen LogP contribution in [0.2, 0.25) is 0 Å². The number of aryl methyl sites for hydroxylation is 2. The molecule has 0 spiro atoms. The molecule has 0 aliphatic heterocycles. The number of rotatable bonds is 8. The molecule has 0 radical (unpaired) electrons. The Labute approximate surface area is 206 Å². The molecule has 0 heterocycles. The first-order chi connectivity index (χ1) is 15.8. The number of hydrogen-bond acceptors (Lipinski definition) is 3. The predicted octanol–water partition coefficient (Wildman–Crippen LogP) is 2.26. The molecule has 33 heavy (non-hydrogen) atoms. The van der Waals surface area contributed by atoms with Crippen LogP contribution in [0.4, 0.5) is 4.79 Å². The quantitative estimate of drug-likeness (QED) is 0.411. The fourth-order valence-corrected chi connectivity index (χ4v) is 10.2. The van der Waals surface area contributed by atoms with Crippen LogP contribution < -0.4 is 14.0 Å². The van der Waals surface area contributed by atoms with Gasteiger partial charge in [0.1, 0.15) is 0 Å². The van der Waals surface area contributed by atoms with Crippen LogP contribution in [0.1, 0.15) is 34.3 Å². The molecule has 168 valence electrons. The SMILES string of the molecule is Cc1ccc([AsH]C(=O)[AsH]c2ccc(-c3ccc(C(=O)NC4(C(=O)O)CC4)cc3)cc2)cc1C. The predicted molar refractivity (Wildman–Crippen MR) is 134 cm³/mol. The number of benzene rings is 3. The van der Waals surface area contributed by atoms with Gasteiger partial charge in [-0.25, -0.2) is 4.79 Å². The molecule has 1 saturated carbocycles. The van der Waals surface area contributed by atoms with Gasteiger partial charge in [-0.2, -0.15) is 0 Å². The van der Waals surface area contributed by atoms with E-state index >= 15 is 0 Å². The summed E-state index contributed by atoms with van der Waals surface area (Å²) in [5.41, 5.74) is 3.83. The Morgan fingerprint density at radius 1 is 0.788 bits per heavy atom. The van der Waals surface area contributed by atoms with Crippen molar-refractivity contribution in [3.63, 3.8) is 0 Å². The standard InChI is InChI=1S/C26H25As2NO4/c1-16-3-10-22(15-17(16)2)28-25(33)27-21-11-8-19(9-12-21)18-4-6-20(7-5-18)23(30)29-26(13-14-26)24(31)32/h3-12,15,27-28H,13-14H2,1-2H3,(H,29,30)(H,31,32). The Hall–Kier alpha value is -2.61. The number of carboxylic acids is 1. The van der Waals surface area contributed by atoms with Crippen molar-refractivity contribution in [2.45, 2.75) is 32.2 Å². The summed E-state index contributed by atoms with van der Waals surface area (Å²) in [5.74, 6) is -1.35. The molecule has 1 aliphatic carbocycles. The number of carbonyl (C=O) groups excluding carboxylic acids is 2. The van der Waals surface area contributed by atoms with Gasteiger partial charge in [0.15, 0.2) is 0 Å². The summed E-state index contributed by atoms with van der Waals surface area (Å²) in [7, 11) is 0. The van der Waals surface area contributed by atoms with Gasteiger partial charge < -0.3 is 5.11 Å². The molecule has 2 unspecified atom stereocenters. The summed E-state index contributed by atoms with van der Waals surface area (Å²) in [6.07, 6.45) is 0.938. The Kier molecular flexibility index (Phi) is 6.93. The first-order valence-electron chi connectivity index (χ1n) is 10.7. The third kappa shape index (κ3) is 5.66. The second-order valence-electron chi connectivity index (χ2n) is 8.37. The van der Waals surface area contributed by atoms with E-state index in [1.807, 2.05) is 36.4 Å². The summed E-state index contributed by atoms with van der Waals surface area (Å²) in [6.45, 7) is 4.17. The minimum atomic E-state index is -1.09. The zero-order valence-corrected chi connectivity index (χ0v) is 22.6. The van der Waals surface area contributed by atoms with Crippen molar-refractivity contribution in [1.29, 1.82) is 0 Å². The summed E-state index contributed by atoms with van der Waals surface area (Å²) in [6, 6.07) is 21.6. The third-order valence-electron chi connectivity index (χ3n) is 5.90. The number of carboxylic acid groups (broad SMARTS) is 1. The molecule has 1 amide bonds. The van der Waals surface area contributed by atoms with Crippen LogP contribution in [0, 0.1) is 13.8 Å². The van der Waals surface area contributed by atoms with E-state index in [1.54, 1.807) is 12.1 Å². The summed E-state index contributed by atoms with van der Waals surface area (Å²) >= 11 is -1.60. The van der Waals surface area contributed by atoms with Crippen molar-refractivity contribution in [2.24, 2.45) is 0 Å². The number of aliphatic carboxylic acids is 1. The van der Waals surface area contributed by atoms with Crippen LogP contribution >= 0.6 is 0 Å². The van der Waals surface area contributed by atoms with Gasteiger partial charge in [0.2, 0.25) is 0 Å². The third-order valence-corrected chi connectivity index (χ3v) is 12.1. The second-order valence-corrected chi connectivity index (χ2v) is 16.0. The topological polar surface area (TPSA) is 83.5 Å². The van der Waals surface area contributed by atoms with Crippen molar-refractivity contribution < 1.29 is 19.5 Å². The normalized spacial score (nSPS) is 14.6. The van der Waals surface area contributed by atoms with Crippen LogP contribution in [0.15, 0.2) is 66.7 Å². The molecule has 3 aromatic carbocycles. The Morgan fingerprint density at radius 3 is 1.88 bits per heavy atom. The van der Waals surface area contributed by atoms with E-state index in [4.69, 9.17) is 0 Å². The number of nitrogens with one attached hydrogen (secondary N) is 1. The molecule has 0 bridgehead atoms. The Morgan fingerprint density at radius 2 is 1.33 bits per heavy atom. The van der Waals surface area contributed by atoms with Gasteiger partial charge in [0, 0.05) is 0 Å². The molecule has 0 aromatic heterocycles. The van der Waals surface area contributed by atoms with Crippen LogP contribution in [0.3, 0.4) is 0 Å². The van der Waals surface area contributed by atoms with Crippen LogP contribution in [0.25, 0.3) is 11.1 Å². The maximum absolute atomic E-state index is 12.6. The first kappa shape index (κ1) is 23.5. The van der Waals surface area contributed by atoms with Crippen LogP contribution in [-0.4, -0.2) is 57.4 Å². The van der Waals surface area contributed by atoms with E-state index in [-0.39, 0.29) is 5.91 Å². The molecular weight excluding hydrogens is 540 g/mol. The van der Waals surface area contributed by atoms with E-state index in [1.165, 1.54) is 15.5 Å². The molecule has 2 N–H and O–H groups in total.